The lowest BCUT2D eigenvalue weighted by Gasteiger charge is -2.21. The van der Waals surface area contributed by atoms with Crippen LogP contribution in [0.5, 0.6) is 0 Å². The van der Waals surface area contributed by atoms with Crippen LogP contribution in [0.3, 0.4) is 0 Å². The van der Waals surface area contributed by atoms with E-state index >= 15 is 0 Å². The fourth-order valence-corrected chi connectivity index (χ4v) is 3.79. The highest BCUT2D eigenvalue weighted by Gasteiger charge is 2.48. The molecule has 1 aromatic heterocycles. The number of aromatic nitrogens is 2. The summed E-state index contributed by atoms with van der Waals surface area (Å²) in [4.78, 5) is 15.2. The number of rotatable bonds is 7. The van der Waals surface area contributed by atoms with Crippen LogP contribution in [-0.4, -0.2) is 55.8 Å². The Morgan fingerprint density at radius 2 is 1.88 bits per heavy atom. The SMILES string of the molecule is COC(=O)C(Cc1cn(S(=O)(=O)C(F)(F)F)cn1)P(=O)(OC)OC. The van der Waals surface area contributed by atoms with Gasteiger partial charge in [-0.3, -0.25) is 9.36 Å². The summed E-state index contributed by atoms with van der Waals surface area (Å²) < 4.78 is 85.9. The van der Waals surface area contributed by atoms with E-state index in [0.717, 1.165) is 21.3 Å². The molecule has 0 amide bonds. The minimum atomic E-state index is -5.66. The van der Waals surface area contributed by atoms with Gasteiger partial charge in [0.05, 0.1) is 12.8 Å². The summed E-state index contributed by atoms with van der Waals surface area (Å²) >= 11 is 0. The van der Waals surface area contributed by atoms with E-state index in [1.54, 1.807) is 0 Å². The zero-order valence-corrected chi connectivity index (χ0v) is 14.4. The molecule has 0 bridgehead atoms. The normalized spacial score (nSPS) is 14.4. The van der Waals surface area contributed by atoms with E-state index in [0.29, 0.717) is 12.5 Å². The third kappa shape index (κ3) is 3.97. The van der Waals surface area contributed by atoms with Gasteiger partial charge in [-0.05, 0) is 0 Å². The zero-order chi connectivity index (χ0) is 18.8. The summed E-state index contributed by atoms with van der Waals surface area (Å²) in [6.07, 6.45) is 0.442. The summed E-state index contributed by atoms with van der Waals surface area (Å²) in [5, 5.41) is 0. The topological polar surface area (TPSA) is 114 Å². The molecule has 9 nitrogen and oxygen atoms in total. The molecular weight excluding hydrogens is 380 g/mol. The smallest absolute Gasteiger partial charge is 0.468 e. The maximum Gasteiger partial charge on any atom is 0.517 e. The molecule has 0 saturated heterocycles. The maximum absolute atomic E-state index is 12.5. The standard InChI is InChI=1S/C10H14F3N2O7PS/c1-20-9(16)8(23(17,21-2)22-3)4-7-5-15(6-14-7)24(18,19)10(11,12)13/h5-6,8H,4H2,1-3H3. The van der Waals surface area contributed by atoms with Gasteiger partial charge in [-0.2, -0.15) is 21.6 Å². The summed E-state index contributed by atoms with van der Waals surface area (Å²) in [6, 6.07) is 0. The Labute approximate surface area is 135 Å². The fourth-order valence-electron chi connectivity index (χ4n) is 1.69. The molecule has 1 atom stereocenters. The van der Waals surface area contributed by atoms with Crippen molar-refractivity contribution in [2.24, 2.45) is 0 Å². The van der Waals surface area contributed by atoms with Crippen LogP contribution in [0, 0.1) is 0 Å². The minimum absolute atomic E-state index is 0.152. The van der Waals surface area contributed by atoms with Gasteiger partial charge in [-0.1, -0.05) is 0 Å². The molecule has 0 aliphatic heterocycles. The number of imidazole rings is 1. The molecule has 1 rings (SSSR count). The largest absolute Gasteiger partial charge is 0.517 e. The zero-order valence-electron chi connectivity index (χ0n) is 12.7. The van der Waals surface area contributed by atoms with Crippen LogP contribution < -0.4 is 0 Å². The molecule has 24 heavy (non-hydrogen) atoms. The number of nitrogens with zero attached hydrogens (tertiary/aromatic N) is 2. The second-order valence-corrected chi connectivity index (χ2v) is 8.56. The van der Waals surface area contributed by atoms with Crippen LogP contribution in [0.1, 0.15) is 5.69 Å². The fraction of sp³-hybridized carbons (Fsp3) is 0.600. The molecule has 14 heteroatoms. The lowest BCUT2D eigenvalue weighted by atomic mass is 10.2. The average Bonchev–Trinajstić information content (AvgIpc) is 2.99. The van der Waals surface area contributed by atoms with E-state index in [9.17, 15) is 30.9 Å². The van der Waals surface area contributed by atoms with Crippen LogP contribution in [-0.2, 0) is 39.6 Å². The van der Waals surface area contributed by atoms with Gasteiger partial charge in [0.1, 0.15) is 6.33 Å². The van der Waals surface area contributed by atoms with Crippen molar-refractivity contribution in [2.75, 3.05) is 21.3 Å². The summed E-state index contributed by atoms with van der Waals surface area (Å²) in [5.74, 6) is -1.02. The van der Waals surface area contributed by atoms with Crippen molar-refractivity contribution in [1.82, 2.24) is 8.96 Å². The van der Waals surface area contributed by atoms with Crippen LogP contribution in [0.4, 0.5) is 13.2 Å². The Bertz CT molecular complexity index is 738. The Balaban J connectivity index is 3.20. The number of hydrogen-bond acceptors (Lipinski definition) is 8. The number of methoxy groups -OCH3 is 1. The lowest BCUT2D eigenvalue weighted by molar-refractivity contribution is -0.140. The summed E-state index contributed by atoms with van der Waals surface area (Å²) in [7, 11) is -6.63. The molecule has 1 heterocycles. The molecular formula is C10H14F3N2O7PS. The van der Waals surface area contributed by atoms with E-state index in [1.165, 1.54) is 0 Å². The van der Waals surface area contributed by atoms with E-state index in [2.05, 4.69) is 18.8 Å². The van der Waals surface area contributed by atoms with Crippen molar-refractivity contribution in [3.63, 3.8) is 0 Å². The number of ether oxygens (including phenoxy) is 1. The minimum Gasteiger partial charge on any atom is -0.468 e. The van der Waals surface area contributed by atoms with Crippen molar-refractivity contribution < 1.29 is 44.7 Å². The second kappa shape index (κ2) is 7.21. The van der Waals surface area contributed by atoms with Crippen molar-refractivity contribution >= 4 is 23.6 Å². The van der Waals surface area contributed by atoms with Gasteiger partial charge < -0.3 is 13.8 Å². The monoisotopic (exact) mass is 394 g/mol. The number of esters is 1. The molecule has 0 aliphatic rings. The van der Waals surface area contributed by atoms with Crippen LogP contribution in [0.25, 0.3) is 0 Å². The third-order valence-corrected chi connectivity index (χ3v) is 6.46. The first-order valence-corrected chi connectivity index (χ1v) is 9.12. The van der Waals surface area contributed by atoms with Crippen molar-refractivity contribution in [3.05, 3.63) is 18.2 Å². The predicted molar refractivity (Wildman–Crippen MR) is 73.7 cm³/mol. The number of alkyl halides is 3. The van der Waals surface area contributed by atoms with Gasteiger partial charge in [0.15, 0.2) is 5.66 Å². The lowest BCUT2D eigenvalue weighted by Crippen LogP contribution is -2.29. The highest BCUT2D eigenvalue weighted by molar-refractivity contribution is 7.90. The van der Waals surface area contributed by atoms with Gasteiger partial charge in [-0.15, -0.1) is 0 Å². The first kappa shape index (κ1) is 20.6. The molecule has 0 N–H and O–H groups in total. The van der Waals surface area contributed by atoms with Crippen LogP contribution in [0.15, 0.2) is 12.5 Å². The van der Waals surface area contributed by atoms with Crippen molar-refractivity contribution in [3.8, 4) is 0 Å². The molecule has 1 unspecified atom stereocenters. The molecule has 0 aliphatic carbocycles. The number of carbonyl (C=O) groups is 1. The van der Waals surface area contributed by atoms with Gasteiger partial charge in [0.25, 0.3) is 0 Å². The van der Waals surface area contributed by atoms with E-state index in [-0.39, 0.29) is 9.67 Å². The second-order valence-electron chi connectivity index (χ2n) is 4.29. The first-order chi connectivity index (χ1) is 10.9. The van der Waals surface area contributed by atoms with Crippen LogP contribution in [0.2, 0.25) is 0 Å². The van der Waals surface area contributed by atoms with E-state index in [4.69, 9.17) is 0 Å². The summed E-state index contributed by atoms with van der Waals surface area (Å²) in [5.41, 5.74) is -7.32. The van der Waals surface area contributed by atoms with Gasteiger partial charge >= 0.3 is 29.1 Å². The molecule has 0 saturated carbocycles. The summed E-state index contributed by atoms with van der Waals surface area (Å²) in [6.45, 7) is 0. The van der Waals surface area contributed by atoms with E-state index in [1.807, 2.05) is 0 Å². The highest BCUT2D eigenvalue weighted by Crippen LogP contribution is 2.53. The number of hydrogen-bond donors (Lipinski definition) is 0. The Morgan fingerprint density at radius 1 is 1.33 bits per heavy atom. The first-order valence-electron chi connectivity index (χ1n) is 6.06. The Hall–Kier alpha value is -1.43. The third-order valence-electron chi connectivity index (χ3n) is 2.95. The maximum atomic E-state index is 12.5. The molecule has 1 aromatic rings. The quantitative estimate of drug-likeness (QED) is 0.500. The highest BCUT2D eigenvalue weighted by atomic mass is 32.2. The van der Waals surface area contributed by atoms with Gasteiger partial charge in [0, 0.05) is 26.8 Å². The molecule has 138 valence electrons. The van der Waals surface area contributed by atoms with Crippen LogP contribution >= 0.6 is 7.60 Å². The molecule has 0 spiro atoms. The van der Waals surface area contributed by atoms with E-state index < -0.39 is 41.2 Å². The Morgan fingerprint density at radius 3 is 2.29 bits per heavy atom. The van der Waals surface area contributed by atoms with Gasteiger partial charge in [0.2, 0.25) is 0 Å². The van der Waals surface area contributed by atoms with Gasteiger partial charge in [-0.25, -0.2) is 8.96 Å². The predicted octanol–water partition coefficient (Wildman–Crippen LogP) is 1.15. The molecule has 0 fully saturated rings. The molecule has 0 radical (unpaired) electrons. The molecule has 0 aromatic carbocycles. The Kier molecular flexibility index (Phi) is 6.20. The number of carbonyl (C=O) groups excluding carboxylic acids is 1. The average molecular weight is 394 g/mol. The van der Waals surface area contributed by atoms with Crippen molar-refractivity contribution in [2.45, 2.75) is 17.6 Å². The van der Waals surface area contributed by atoms with Crippen molar-refractivity contribution in [1.29, 1.82) is 0 Å². The number of halogens is 3.